The van der Waals surface area contributed by atoms with E-state index < -0.39 is 5.97 Å². The summed E-state index contributed by atoms with van der Waals surface area (Å²) in [5.41, 5.74) is 5.00. The predicted octanol–water partition coefficient (Wildman–Crippen LogP) is 5.15. The molecular formula is C27H22N4O3. The summed E-state index contributed by atoms with van der Waals surface area (Å²) in [6, 6.07) is 25.2. The van der Waals surface area contributed by atoms with Gasteiger partial charge in [0.15, 0.2) is 5.69 Å². The fraction of sp³-hybridized carbons (Fsp3) is 0.111. The first-order valence-corrected chi connectivity index (χ1v) is 10.8. The highest BCUT2D eigenvalue weighted by atomic mass is 16.5. The van der Waals surface area contributed by atoms with Crippen molar-refractivity contribution in [1.82, 2.24) is 9.78 Å². The molecule has 0 fully saturated rings. The first kappa shape index (κ1) is 22.5. The number of hydrogen-bond donors (Lipinski definition) is 1. The molecule has 7 heteroatoms. The Bertz CT molecular complexity index is 1400. The lowest BCUT2D eigenvalue weighted by Crippen LogP contribution is -2.11. The van der Waals surface area contributed by atoms with Crippen molar-refractivity contribution in [1.29, 1.82) is 5.26 Å². The third kappa shape index (κ3) is 4.71. The van der Waals surface area contributed by atoms with Crippen molar-refractivity contribution in [2.24, 2.45) is 0 Å². The summed E-state index contributed by atoms with van der Waals surface area (Å²) in [4.78, 5) is 25.1. The van der Waals surface area contributed by atoms with Gasteiger partial charge in [0.2, 0.25) is 0 Å². The van der Waals surface area contributed by atoms with E-state index in [1.807, 2.05) is 55.5 Å². The topological polar surface area (TPSA) is 97.0 Å². The molecule has 0 spiro atoms. The molecule has 1 heterocycles. The molecule has 7 nitrogen and oxygen atoms in total. The second-order valence-corrected chi connectivity index (χ2v) is 7.56. The maximum atomic E-state index is 12.7. The molecule has 0 aliphatic heterocycles. The van der Waals surface area contributed by atoms with Crippen LogP contribution in [0.2, 0.25) is 0 Å². The molecule has 168 valence electrons. The summed E-state index contributed by atoms with van der Waals surface area (Å²) < 4.78 is 6.86. The molecule has 0 aliphatic rings. The quantitative estimate of drug-likeness (QED) is 0.410. The number of aryl methyl sites for hydroxylation is 1. The molecular weight excluding hydrogens is 428 g/mol. The summed E-state index contributed by atoms with van der Waals surface area (Å²) in [7, 11) is 0. The monoisotopic (exact) mass is 450 g/mol. The van der Waals surface area contributed by atoms with Gasteiger partial charge in [-0.1, -0.05) is 30.3 Å². The van der Waals surface area contributed by atoms with Crippen molar-refractivity contribution in [3.8, 4) is 23.0 Å². The van der Waals surface area contributed by atoms with Gasteiger partial charge in [-0.3, -0.25) is 4.79 Å². The third-order valence-electron chi connectivity index (χ3n) is 5.23. The minimum absolute atomic E-state index is 0.201. The Morgan fingerprint density at radius 1 is 1.03 bits per heavy atom. The van der Waals surface area contributed by atoms with Crippen LogP contribution in [0.15, 0.2) is 78.9 Å². The Balaban J connectivity index is 1.70. The Labute approximate surface area is 197 Å². The number of para-hydroxylation sites is 1. The van der Waals surface area contributed by atoms with E-state index in [2.05, 4.69) is 10.4 Å². The van der Waals surface area contributed by atoms with E-state index in [9.17, 15) is 9.59 Å². The summed E-state index contributed by atoms with van der Waals surface area (Å²) in [6.45, 7) is 3.97. The highest BCUT2D eigenvalue weighted by Crippen LogP contribution is 2.28. The average molecular weight is 450 g/mol. The number of hydrogen-bond acceptors (Lipinski definition) is 5. The van der Waals surface area contributed by atoms with Crippen molar-refractivity contribution in [3.63, 3.8) is 0 Å². The molecule has 3 aromatic carbocycles. The van der Waals surface area contributed by atoms with Gasteiger partial charge in [-0.15, -0.1) is 0 Å². The molecule has 0 unspecified atom stereocenters. The molecule has 4 aromatic rings. The zero-order valence-electron chi connectivity index (χ0n) is 18.8. The van der Waals surface area contributed by atoms with Gasteiger partial charge in [-0.25, -0.2) is 9.48 Å². The second-order valence-electron chi connectivity index (χ2n) is 7.56. The van der Waals surface area contributed by atoms with Crippen LogP contribution in [-0.2, 0) is 4.74 Å². The zero-order chi connectivity index (χ0) is 24.1. The van der Waals surface area contributed by atoms with Crippen LogP contribution in [0.3, 0.4) is 0 Å². The summed E-state index contributed by atoms with van der Waals surface area (Å²) in [5.74, 6) is -0.789. The van der Waals surface area contributed by atoms with E-state index in [1.54, 1.807) is 48.0 Å². The number of carbonyl (C=O) groups excluding carboxylic acids is 2. The van der Waals surface area contributed by atoms with Crippen LogP contribution in [0.1, 0.15) is 38.9 Å². The van der Waals surface area contributed by atoms with Gasteiger partial charge in [0.25, 0.3) is 5.91 Å². The van der Waals surface area contributed by atoms with Gasteiger partial charge in [-0.2, -0.15) is 10.4 Å². The Morgan fingerprint density at radius 3 is 2.50 bits per heavy atom. The smallest absolute Gasteiger partial charge is 0.358 e. The Hall–Kier alpha value is -4.70. The number of carbonyl (C=O) groups is 2. The number of nitrogens with zero attached hydrogens (tertiary/aromatic N) is 3. The van der Waals surface area contributed by atoms with E-state index in [-0.39, 0.29) is 18.2 Å². The summed E-state index contributed by atoms with van der Waals surface area (Å²) in [5, 5.41) is 16.3. The van der Waals surface area contributed by atoms with Crippen LogP contribution in [0.5, 0.6) is 0 Å². The van der Waals surface area contributed by atoms with Crippen molar-refractivity contribution in [2.75, 3.05) is 11.9 Å². The fourth-order valence-corrected chi connectivity index (χ4v) is 3.53. The molecule has 0 saturated carbocycles. The molecule has 1 amide bonds. The third-order valence-corrected chi connectivity index (χ3v) is 5.23. The van der Waals surface area contributed by atoms with Crippen molar-refractivity contribution in [2.45, 2.75) is 13.8 Å². The minimum Gasteiger partial charge on any atom is -0.461 e. The van der Waals surface area contributed by atoms with E-state index in [1.165, 1.54) is 0 Å². The Morgan fingerprint density at radius 2 is 1.79 bits per heavy atom. The van der Waals surface area contributed by atoms with E-state index >= 15 is 0 Å². The van der Waals surface area contributed by atoms with Crippen LogP contribution in [0, 0.1) is 18.3 Å². The second kappa shape index (κ2) is 9.84. The number of nitrogens with one attached hydrogen (secondary N) is 1. The van der Waals surface area contributed by atoms with E-state index in [4.69, 9.17) is 10.00 Å². The van der Waals surface area contributed by atoms with Crippen LogP contribution in [0.4, 0.5) is 5.69 Å². The summed E-state index contributed by atoms with van der Waals surface area (Å²) >= 11 is 0. The first-order valence-electron chi connectivity index (χ1n) is 10.8. The fourth-order valence-electron chi connectivity index (χ4n) is 3.53. The molecule has 1 aromatic heterocycles. The van der Waals surface area contributed by atoms with Crippen LogP contribution in [-0.4, -0.2) is 28.3 Å². The molecule has 1 N–H and O–H groups in total. The zero-order valence-corrected chi connectivity index (χ0v) is 18.8. The molecule has 34 heavy (non-hydrogen) atoms. The van der Waals surface area contributed by atoms with Crippen molar-refractivity contribution < 1.29 is 14.3 Å². The molecule has 0 saturated heterocycles. The lowest BCUT2D eigenvalue weighted by Gasteiger charge is -2.12. The largest absolute Gasteiger partial charge is 0.461 e. The van der Waals surface area contributed by atoms with Crippen molar-refractivity contribution in [3.05, 3.63) is 101 Å². The maximum absolute atomic E-state index is 12.7. The van der Waals surface area contributed by atoms with Crippen LogP contribution >= 0.6 is 0 Å². The average Bonchev–Trinajstić information content (AvgIpc) is 3.30. The highest BCUT2D eigenvalue weighted by molar-refractivity contribution is 6.04. The molecule has 0 bridgehead atoms. The van der Waals surface area contributed by atoms with Crippen LogP contribution < -0.4 is 5.32 Å². The standard InChI is InChI=1S/C27H22N4O3/c1-3-34-27(33)23-16-25(31(30-23)24-10-5-4-7-18(24)2)21-8-6-9-22(15-21)29-26(32)20-13-11-19(17-28)12-14-20/h4-16H,3H2,1-2H3,(H,29,32). The van der Waals surface area contributed by atoms with Crippen LogP contribution in [0.25, 0.3) is 16.9 Å². The maximum Gasteiger partial charge on any atom is 0.358 e. The van der Waals surface area contributed by atoms with Gasteiger partial charge < -0.3 is 10.1 Å². The molecule has 0 radical (unpaired) electrons. The number of aromatic nitrogens is 2. The molecule has 4 rings (SSSR count). The number of anilines is 1. The van der Waals surface area contributed by atoms with Crippen molar-refractivity contribution >= 4 is 17.6 Å². The minimum atomic E-state index is -0.499. The van der Waals surface area contributed by atoms with Gasteiger partial charge in [-0.05, 0) is 67.9 Å². The van der Waals surface area contributed by atoms with E-state index in [0.29, 0.717) is 22.5 Å². The number of esters is 1. The lowest BCUT2D eigenvalue weighted by atomic mass is 10.1. The summed E-state index contributed by atoms with van der Waals surface area (Å²) in [6.07, 6.45) is 0. The molecule has 0 aliphatic carbocycles. The number of nitriles is 1. The molecule has 0 atom stereocenters. The van der Waals surface area contributed by atoms with E-state index in [0.717, 1.165) is 16.8 Å². The van der Waals surface area contributed by atoms with Gasteiger partial charge >= 0.3 is 5.97 Å². The van der Waals surface area contributed by atoms with Gasteiger partial charge in [0.05, 0.1) is 29.6 Å². The Kier molecular flexibility index (Phi) is 6.51. The highest BCUT2D eigenvalue weighted by Gasteiger charge is 2.19. The van der Waals surface area contributed by atoms with Gasteiger partial charge in [0, 0.05) is 16.8 Å². The lowest BCUT2D eigenvalue weighted by molar-refractivity contribution is 0.0519. The van der Waals surface area contributed by atoms with Gasteiger partial charge in [0.1, 0.15) is 0 Å². The first-order chi connectivity index (χ1) is 16.5. The SMILES string of the molecule is CCOC(=O)c1cc(-c2cccc(NC(=O)c3ccc(C#N)cc3)c2)n(-c2ccccc2C)n1. The number of amides is 1. The normalized spacial score (nSPS) is 10.4. The number of benzene rings is 3. The number of rotatable bonds is 6. The number of ether oxygens (including phenoxy) is 1. The predicted molar refractivity (Wildman–Crippen MR) is 129 cm³/mol.